The second-order valence-electron chi connectivity index (χ2n) is 12.6. The molecule has 0 aliphatic heterocycles. The lowest BCUT2D eigenvalue weighted by Gasteiger charge is -2.11. The van der Waals surface area contributed by atoms with Gasteiger partial charge in [-0.05, 0) is 105 Å². The van der Waals surface area contributed by atoms with Crippen LogP contribution < -0.4 is 18.9 Å². The summed E-state index contributed by atoms with van der Waals surface area (Å²) in [6.45, 7) is 9.06. The smallest absolute Gasteiger partial charge is 0.343 e. The maximum atomic E-state index is 12.8. The first-order chi connectivity index (χ1) is 25.8. The van der Waals surface area contributed by atoms with Gasteiger partial charge in [0.15, 0.2) is 0 Å². The summed E-state index contributed by atoms with van der Waals surface area (Å²) in [5.41, 5.74) is 1.42. The SMILES string of the molecule is C=CC(=O)OCCCCCCCCOc1ccc(C(=O)Oc2ccc(OC(=O)c3ccc(OCCCCCCCCOC(=O)CC)cc3)c(C)c2)cc1. The molecule has 0 heterocycles. The average molecular weight is 731 g/mol. The van der Waals surface area contributed by atoms with Gasteiger partial charge < -0.3 is 28.4 Å². The van der Waals surface area contributed by atoms with Gasteiger partial charge >= 0.3 is 23.9 Å². The zero-order chi connectivity index (χ0) is 38.1. The molecule has 3 aromatic carbocycles. The van der Waals surface area contributed by atoms with Gasteiger partial charge in [0, 0.05) is 12.5 Å². The highest BCUT2D eigenvalue weighted by molar-refractivity contribution is 5.92. The van der Waals surface area contributed by atoms with Crippen LogP contribution in [-0.2, 0) is 19.1 Å². The van der Waals surface area contributed by atoms with Crippen LogP contribution in [0.15, 0.2) is 79.4 Å². The molecule has 0 saturated carbocycles. The fraction of sp³-hybridized carbons (Fsp3) is 0.442. The number of carbonyl (C=O) groups excluding carboxylic acids is 4. The molecule has 3 aromatic rings. The van der Waals surface area contributed by atoms with E-state index in [1.54, 1.807) is 80.6 Å². The predicted octanol–water partition coefficient (Wildman–Crippen LogP) is 9.55. The topological polar surface area (TPSA) is 124 Å². The second kappa shape index (κ2) is 25.0. The molecule has 0 unspecified atom stereocenters. The van der Waals surface area contributed by atoms with Gasteiger partial charge in [-0.15, -0.1) is 0 Å². The van der Waals surface area contributed by atoms with Crippen LogP contribution in [0.1, 0.15) is 117 Å². The Morgan fingerprint density at radius 1 is 0.547 bits per heavy atom. The number of rotatable bonds is 26. The number of ether oxygens (including phenoxy) is 6. The van der Waals surface area contributed by atoms with Gasteiger partial charge in [0.25, 0.3) is 0 Å². The Balaban J connectivity index is 1.30. The van der Waals surface area contributed by atoms with E-state index in [4.69, 9.17) is 28.4 Å². The second-order valence-corrected chi connectivity index (χ2v) is 12.6. The summed E-state index contributed by atoms with van der Waals surface area (Å²) < 4.78 is 32.9. The monoisotopic (exact) mass is 730 g/mol. The highest BCUT2D eigenvalue weighted by Crippen LogP contribution is 2.26. The Hall–Kier alpha value is -5.12. The first-order valence-electron chi connectivity index (χ1n) is 18.7. The third-order valence-electron chi connectivity index (χ3n) is 8.32. The number of hydrogen-bond acceptors (Lipinski definition) is 10. The molecule has 10 heteroatoms. The number of aryl methyl sites for hydroxylation is 1. The van der Waals surface area contributed by atoms with Gasteiger partial charge in [-0.2, -0.15) is 0 Å². The predicted molar refractivity (Wildman–Crippen MR) is 203 cm³/mol. The first kappa shape index (κ1) is 42.3. The summed E-state index contributed by atoms with van der Waals surface area (Å²) >= 11 is 0. The van der Waals surface area contributed by atoms with E-state index in [1.807, 2.05) is 0 Å². The van der Waals surface area contributed by atoms with Crippen LogP contribution in [0, 0.1) is 6.92 Å². The van der Waals surface area contributed by atoms with Gasteiger partial charge in [-0.1, -0.05) is 64.9 Å². The standard InChI is InChI=1S/C43H54O10/c1-4-40(44)50-30-16-12-8-6-10-14-28-48-36-22-18-34(19-23-36)42(46)52-38-26-27-39(33(3)32-38)53-43(47)35-20-24-37(25-21-35)49-29-15-11-7-9-13-17-31-51-41(45)5-2/h4,18-27,32H,1,5-17,28-31H2,2-3H3. The minimum Gasteiger partial charge on any atom is -0.494 e. The third kappa shape index (κ3) is 17.3. The van der Waals surface area contributed by atoms with Gasteiger partial charge in [0.1, 0.15) is 23.0 Å². The molecule has 0 amide bonds. The van der Waals surface area contributed by atoms with Gasteiger partial charge in [-0.25, -0.2) is 14.4 Å². The molecule has 53 heavy (non-hydrogen) atoms. The lowest BCUT2D eigenvalue weighted by atomic mass is 10.1. The summed E-state index contributed by atoms with van der Waals surface area (Å²) in [6.07, 6.45) is 13.7. The van der Waals surface area contributed by atoms with Crippen LogP contribution in [0.2, 0.25) is 0 Å². The summed E-state index contributed by atoms with van der Waals surface area (Å²) in [7, 11) is 0. The Kier molecular flexibility index (Phi) is 19.9. The summed E-state index contributed by atoms with van der Waals surface area (Å²) in [6, 6.07) is 18.5. The van der Waals surface area contributed by atoms with Crippen molar-refractivity contribution in [2.45, 2.75) is 97.3 Å². The van der Waals surface area contributed by atoms with Crippen molar-refractivity contribution in [1.82, 2.24) is 0 Å². The molecule has 0 bridgehead atoms. The Morgan fingerprint density at radius 2 is 0.981 bits per heavy atom. The van der Waals surface area contributed by atoms with E-state index < -0.39 is 11.9 Å². The van der Waals surface area contributed by atoms with Crippen LogP contribution in [0.4, 0.5) is 0 Å². The van der Waals surface area contributed by atoms with E-state index in [-0.39, 0.29) is 11.9 Å². The van der Waals surface area contributed by atoms with Gasteiger partial charge in [0.05, 0.1) is 37.6 Å². The van der Waals surface area contributed by atoms with Crippen molar-refractivity contribution in [3.63, 3.8) is 0 Å². The molecule has 10 nitrogen and oxygen atoms in total. The van der Waals surface area contributed by atoms with E-state index in [0.717, 1.165) is 77.0 Å². The fourth-order valence-corrected chi connectivity index (χ4v) is 5.22. The van der Waals surface area contributed by atoms with Crippen molar-refractivity contribution in [3.8, 4) is 23.0 Å². The summed E-state index contributed by atoms with van der Waals surface area (Å²) in [5, 5.41) is 0. The minimum atomic E-state index is -0.509. The van der Waals surface area contributed by atoms with Crippen LogP contribution in [0.3, 0.4) is 0 Å². The van der Waals surface area contributed by atoms with Crippen LogP contribution in [-0.4, -0.2) is 50.3 Å². The van der Waals surface area contributed by atoms with Crippen LogP contribution in [0.25, 0.3) is 0 Å². The largest absolute Gasteiger partial charge is 0.494 e. The molecule has 0 spiro atoms. The van der Waals surface area contributed by atoms with Crippen molar-refractivity contribution in [2.75, 3.05) is 26.4 Å². The lowest BCUT2D eigenvalue weighted by molar-refractivity contribution is -0.143. The molecule has 0 saturated heterocycles. The Bertz CT molecular complexity index is 1560. The number of carbonyl (C=O) groups is 4. The zero-order valence-corrected chi connectivity index (χ0v) is 31.2. The van der Waals surface area contributed by atoms with Crippen molar-refractivity contribution in [3.05, 3.63) is 96.1 Å². The van der Waals surface area contributed by atoms with E-state index in [2.05, 4.69) is 6.58 Å². The Morgan fingerprint density at radius 3 is 1.45 bits per heavy atom. The molecule has 0 fully saturated rings. The molecule has 0 atom stereocenters. The quantitative estimate of drug-likeness (QED) is 0.0341. The number of benzene rings is 3. The molecule has 286 valence electrons. The summed E-state index contributed by atoms with van der Waals surface area (Å²) in [4.78, 5) is 47.7. The average Bonchev–Trinajstić information content (AvgIpc) is 3.17. The van der Waals surface area contributed by atoms with E-state index in [0.29, 0.717) is 72.5 Å². The third-order valence-corrected chi connectivity index (χ3v) is 8.32. The van der Waals surface area contributed by atoms with Gasteiger partial charge in [-0.3, -0.25) is 4.79 Å². The van der Waals surface area contributed by atoms with Crippen LogP contribution in [0.5, 0.6) is 23.0 Å². The highest BCUT2D eigenvalue weighted by atomic mass is 16.5. The van der Waals surface area contributed by atoms with Crippen LogP contribution >= 0.6 is 0 Å². The lowest BCUT2D eigenvalue weighted by Crippen LogP contribution is -2.10. The molecule has 0 radical (unpaired) electrons. The molecular weight excluding hydrogens is 676 g/mol. The van der Waals surface area contributed by atoms with E-state index in [9.17, 15) is 19.2 Å². The number of unbranched alkanes of at least 4 members (excludes halogenated alkanes) is 10. The molecule has 3 rings (SSSR count). The van der Waals surface area contributed by atoms with E-state index >= 15 is 0 Å². The summed E-state index contributed by atoms with van der Waals surface area (Å²) in [5.74, 6) is 0.532. The number of hydrogen-bond donors (Lipinski definition) is 0. The highest BCUT2D eigenvalue weighted by Gasteiger charge is 2.14. The molecule has 0 N–H and O–H groups in total. The number of esters is 4. The van der Waals surface area contributed by atoms with Crippen molar-refractivity contribution in [1.29, 1.82) is 0 Å². The maximum absolute atomic E-state index is 12.8. The molecule has 0 aliphatic carbocycles. The van der Waals surface area contributed by atoms with Crippen molar-refractivity contribution < 1.29 is 47.6 Å². The fourth-order valence-electron chi connectivity index (χ4n) is 5.22. The molecule has 0 aromatic heterocycles. The van der Waals surface area contributed by atoms with Crippen molar-refractivity contribution in [2.24, 2.45) is 0 Å². The molecule has 0 aliphatic rings. The first-order valence-corrected chi connectivity index (χ1v) is 18.7. The minimum absolute atomic E-state index is 0.143. The normalized spacial score (nSPS) is 10.6. The Labute approximate surface area is 313 Å². The van der Waals surface area contributed by atoms with Crippen molar-refractivity contribution >= 4 is 23.9 Å². The van der Waals surface area contributed by atoms with E-state index in [1.165, 1.54) is 6.08 Å². The maximum Gasteiger partial charge on any atom is 0.343 e. The zero-order valence-electron chi connectivity index (χ0n) is 31.2. The van der Waals surface area contributed by atoms with Gasteiger partial charge in [0.2, 0.25) is 0 Å². The molecular formula is C43H54O10.